The summed E-state index contributed by atoms with van der Waals surface area (Å²) >= 11 is 12.6. The highest BCUT2D eigenvalue weighted by Gasteiger charge is 2.33. The molecule has 1 atom stereocenters. The summed E-state index contributed by atoms with van der Waals surface area (Å²) < 4.78 is 11.6. The number of carbonyl (C=O) groups excluding carboxylic acids is 1. The summed E-state index contributed by atoms with van der Waals surface area (Å²) in [6, 6.07) is 3.60. The van der Waals surface area contributed by atoms with Crippen molar-refractivity contribution in [1.29, 1.82) is 0 Å². The van der Waals surface area contributed by atoms with Gasteiger partial charge in [-0.05, 0) is 31.7 Å². The molecule has 5 nitrogen and oxygen atoms in total. The summed E-state index contributed by atoms with van der Waals surface area (Å²) in [5.41, 5.74) is 1.89. The van der Waals surface area contributed by atoms with E-state index in [1.165, 1.54) is 25.2 Å². The lowest BCUT2D eigenvalue weighted by atomic mass is 9.87. The van der Waals surface area contributed by atoms with Gasteiger partial charge in [0.25, 0.3) is 0 Å². The highest BCUT2D eigenvalue weighted by Crippen LogP contribution is 2.42. The fraction of sp³-hybridized carbons (Fsp3) is 0.400. The van der Waals surface area contributed by atoms with E-state index < -0.39 is 5.92 Å². The van der Waals surface area contributed by atoms with Crippen molar-refractivity contribution in [2.75, 3.05) is 19.0 Å². The molecule has 1 fully saturated rings. The first-order valence-corrected chi connectivity index (χ1v) is 9.79. The van der Waals surface area contributed by atoms with E-state index >= 15 is 0 Å². The molecule has 0 radical (unpaired) electrons. The van der Waals surface area contributed by atoms with Crippen molar-refractivity contribution in [3.05, 3.63) is 45.7 Å². The minimum Gasteiger partial charge on any atom is -0.493 e. The fourth-order valence-corrected chi connectivity index (χ4v) is 4.46. The van der Waals surface area contributed by atoms with E-state index in [1.807, 2.05) is 6.07 Å². The Morgan fingerprint density at radius 1 is 1.11 bits per heavy atom. The number of rotatable bonds is 4. The quantitative estimate of drug-likeness (QED) is 0.763. The van der Waals surface area contributed by atoms with E-state index in [4.69, 9.17) is 32.7 Å². The molecule has 2 aromatic rings. The second kappa shape index (κ2) is 7.56. The number of fused-ring (bicyclic) bond motifs is 1. The lowest BCUT2D eigenvalue weighted by Crippen LogP contribution is -2.28. The van der Waals surface area contributed by atoms with Gasteiger partial charge in [0, 0.05) is 41.8 Å². The van der Waals surface area contributed by atoms with Crippen molar-refractivity contribution in [3.8, 4) is 11.5 Å². The van der Waals surface area contributed by atoms with Gasteiger partial charge in [0.2, 0.25) is 0 Å². The Morgan fingerprint density at radius 2 is 1.81 bits per heavy atom. The van der Waals surface area contributed by atoms with Crippen molar-refractivity contribution in [2.24, 2.45) is 0 Å². The van der Waals surface area contributed by atoms with Gasteiger partial charge in [0.15, 0.2) is 17.3 Å². The first-order valence-electron chi connectivity index (χ1n) is 9.04. The smallest absolute Gasteiger partial charge is 0.174 e. The molecule has 1 aliphatic carbocycles. The highest BCUT2D eigenvalue weighted by atomic mass is 35.5. The van der Waals surface area contributed by atoms with E-state index in [9.17, 15) is 4.79 Å². The number of carbonyl (C=O) groups is 1. The molecule has 1 aromatic heterocycles. The minimum absolute atomic E-state index is 0.0438. The minimum atomic E-state index is -0.478. The zero-order valence-corrected chi connectivity index (χ0v) is 16.4. The Bertz CT molecular complexity index is 862. The molecule has 0 bridgehead atoms. The monoisotopic (exact) mass is 406 g/mol. The number of ketones is 1. The molecule has 27 heavy (non-hydrogen) atoms. The number of nitrogens with one attached hydrogen (secondary N) is 1. The molecule has 2 aliphatic rings. The molecule has 2 heterocycles. The number of halogens is 2. The van der Waals surface area contributed by atoms with E-state index in [-0.39, 0.29) is 11.9 Å². The predicted octanol–water partition coefficient (Wildman–Crippen LogP) is 5.11. The number of benzene rings is 1. The van der Waals surface area contributed by atoms with Gasteiger partial charge in [0.05, 0.1) is 29.2 Å². The van der Waals surface area contributed by atoms with Crippen LogP contribution in [0.2, 0.25) is 10.0 Å². The number of anilines is 1. The van der Waals surface area contributed by atoms with Crippen molar-refractivity contribution in [3.63, 3.8) is 0 Å². The number of pyridine rings is 1. The maximum Gasteiger partial charge on any atom is 0.174 e. The second-order valence-corrected chi connectivity index (χ2v) is 7.70. The molecule has 1 aliphatic heterocycles. The normalized spacial score (nSPS) is 19.5. The van der Waals surface area contributed by atoms with Crippen molar-refractivity contribution in [1.82, 2.24) is 4.98 Å². The number of methoxy groups -OCH3 is 1. The number of Topliss-reactive ketones (excluding diaryl/α,β-unsaturated/α-hetero) is 1. The van der Waals surface area contributed by atoms with Gasteiger partial charge in [0.1, 0.15) is 0 Å². The summed E-state index contributed by atoms with van der Waals surface area (Å²) in [6.07, 6.45) is 7.57. The van der Waals surface area contributed by atoms with Crippen molar-refractivity contribution < 1.29 is 14.3 Å². The largest absolute Gasteiger partial charge is 0.493 e. The van der Waals surface area contributed by atoms with Gasteiger partial charge in [-0.3, -0.25) is 9.78 Å². The summed E-state index contributed by atoms with van der Waals surface area (Å²) in [6.45, 7) is 0.404. The molecule has 142 valence electrons. The lowest BCUT2D eigenvalue weighted by molar-refractivity contribution is 0.0959. The van der Waals surface area contributed by atoms with E-state index in [0.29, 0.717) is 39.2 Å². The Balaban J connectivity index is 1.70. The third kappa shape index (κ3) is 3.46. The van der Waals surface area contributed by atoms with Crippen LogP contribution in [0.1, 0.15) is 47.5 Å². The SMILES string of the molecule is COc1cc2c(cc1OC1CCCC1)C(=O)C(c1c(Cl)cncc1Cl)CN2. The van der Waals surface area contributed by atoms with Crippen LogP contribution in [0.3, 0.4) is 0 Å². The van der Waals surface area contributed by atoms with Gasteiger partial charge in [-0.25, -0.2) is 0 Å². The number of hydrogen-bond acceptors (Lipinski definition) is 5. The maximum absolute atomic E-state index is 13.2. The molecule has 0 spiro atoms. The van der Waals surface area contributed by atoms with Gasteiger partial charge in [-0.1, -0.05) is 23.2 Å². The van der Waals surface area contributed by atoms with Gasteiger partial charge >= 0.3 is 0 Å². The number of ether oxygens (including phenoxy) is 2. The molecule has 7 heteroatoms. The van der Waals surface area contributed by atoms with Gasteiger partial charge in [-0.15, -0.1) is 0 Å². The molecule has 1 saturated carbocycles. The van der Waals surface area contributed by atoms with Crippen LogP contribution in [-0.4, -0.2) is 30.5 Å². The Morgan fingerprint density at radius 3 is 2.48 bits per heavy atom. The Labute approximate surface area is 168 Å². The summed E-state index contributed by atoms with van der Waals surface area (Å²) in [4.78, 5) is 17.2. The zero-order chi connectivity index (χ0) is 19.0. The Kier molecular flexibility index (Phi) is 5.15. The fourth-order valence-electron chi connectivity index (χ4n) is 3.83. The molecule has 0 amide bonds. The third-order valence-corrected chi connectivity index (χ3v) is 5.82. The van der Waals surface area contributed by atoms with Gasteiger partial charge < -0.3 is 14.8 Å². The van der Waals surface area contributed by atoms with Crippen LogP contribution < -0.4 is 14.8 Å². The van der Waals surface area contributed by atoms with Crippen LogP contribution in [0.25, 0.3) is 0 Å². The predicted molar refractivity (Wildman–Crippen MR) is 106 cm³/mol. The van der Waals surface area contributed by atoms with Crippen LogP contribution in [-0.2, 0) is 0 Å². The maximum atomic E-state index is 13.2. The zero-order valence-electron chi connectivity index (χ0n) is 14.9. The number of hydrogen-bond donors (Lipinski definition) is 1. The molecule has 0 saturated heterocycles. The summed E-state index contributed by atoms with van der Waals surface area (Å²) in [7, 11) is 1.60. The first kappa shape index (κ1) is 18.4. The number of aromatic nitrogens is 1. The molecule has 1 unspecified atom stereocenters. The van der Waals surface area contributed by atoms with Crippen LogP contribution in [0.5, 0.6) is 11.5 Å². The van der Waals surface area contributed by atoms with Crippen LogP contribution in [0.15, 0.2) is 24.5 Å². The van der Waals surface area contributed by atoms with Crippen molar-refractivity contribution in [2.45, 2.75) is 37.7 Å². The van der Waals surface area contributed by atoms with E-state index in [0.717, 1.165) is 18.5 Å². The molecule has 4 rings (SSSR count). The average Bonchev–Trinajstić information content (AvgIpc) is 3.16. The van der Waals surface area contributed by atoms with Crippen molar-refractivity contribution >= 4 is 34.7 Å². The Hall–Kier alpha value is -1.98. The first-order chi connectivity index (χ1) is 13.1. The standard InChI is InChI=1S/C20H20Cl2N2O3/c1-26-17-7-16-12(6-18(17)27-11-4-2-3-5-11)20(25)13(8-24-16)19-14(21)9-23-10-15(19)22/h6-7,9-11,13,24H,2-5,8H2,1H3. The molecule has 1 N–H and O–H groups in total. The second-order valence-electron chi connectivity index (χ2n) is 6.89. The van der Waals surface area contributed by atoms with Gasteiger partial charge in [-0.2, -0.15) is 0 Å². The van der Waals surface area contributed by atoms with Crippen LogP contribution in [0, 0.1) is 0 Å². The summed E-state index contributed by atoms with van der Waals surface area (Å²) in [5, 5.41) is 4.08. The molecular weight excluding hydrogens is 387 g/mol. The topological polar surface area (TPSA) is 60.5 Å². The average molecular weight is 407 g/mol. The highest BCUT2D eigenvalue weighted by molar-refractivity contribution is 6.36. The van der Waals surface area contributed by atoms with E-state index in [1.54, 1.807) is 13.2 Å². The third-order valence-electron chi connectivity index (χ3n) is 5.22. The van der Waals surface area contributed by atoms with Crippen LogP contribution in [0.4, 0.5) is 5.69 Å². The van der Waals surface area contributed by atoms with E-state index in [2.05, 4.69) is 10.3 Å². The summed E-state index contributed by atoms with van der Waals surface area (Å²) in [5.74, 6) is 0.705. The molecule has 1 aromatic carbocycles. The molecular formula is C20H20Cl2N2O3. The number of nitrogens with zero attached hydrogens (tertiary/aromatic N) is 1. The van der Waals surface area contributed by atoms with Crippen LogP contribution >= 0.6 is 23.2 Å². The lowest BCUT2D eigenvalue weighted by Gasteiger charge is -2.28.